The largest absolute Gasteiger partial charge is 0.445 e. The van der Waals surface area contributed by atoms with Crippen molar-refractivity contribution < 1.29 is 33.5 Å². The van der Waals surface area contributed by atoms with Gasteiger partial charge in [-0.3, -0.25) is 15.4 Å². The summed E-state index contributed by atoms with van der Waals surface area (Å²) in [6.45, 7) is 5.24. The lowest BCUT2D eigenvalue weighted by Gasteiger charge is -2.40. The molecule has 0 saturated heterocycles. The molecule has 1 aliphatic rings. The van der Waals surface area contributed by atoms with Crippen LogP contribution in [0.3, 0.4) is 0 Å². The van der Waals surface area contributed by atoms with Crippen molar-refractivity contribution in [2.45, 2.75) is 70.4 Å². The number of non-ortho nitro benzene ring substituents is 1. The van der Waals surface area contributed by atoms with Gasteiger partial charge in [0.1, 0.15) is 12.2 Å². The number of carbonyl (C=O) groups is 3. The highest BCUT2D eigenvalue weighted by Crippen LogP contribution is 2.31. The number of hydrogen-bond acceptors (Lipinski definition) is 8. The second kappa shape index (κ2) is 11.7. The van der Waals surface area contributed by atoms with E-state index in [-0.39, 0.29) is 30.7 Å². The molecule has 1 saturated carbocycles. The summed E-state index contributed by atoms with van der Waals surface area (Å²) >= 11 is 0. The molecule has 2 aromatic carbocycles. The van der Waals surface area contributed by atoms with Crippen LogP contribution in [0, 0.1) is 10.1 Å². The second-order valence-electron chi connectivity index (χ2n) is 9.81. The molecular weight excluding hydrogens is 482 g/mol. The lowest BCUT2D eigenvalue weighted by molar-refractivity contribution is -0.384. The van der Waals surface area contributed by atoms with Crippen LogP contribution >= 0.6 is 0 Å². The Balaban J connectivity index is 1.75. The van der Waals surface area contributed by atoms with Gasteiger partial charge in [0, 0.05) is 31.0 Å². The highest BCUT2D eigenvalue weighted by Gasteiger charge is 2.43. The van der Waals surface area contributed by atoms with Crippen molar-refractivity contribution in [1.29, 1.82) is 0 Å². The number of nitro groups is 1. The van der Waals surface area contributed by atoms with Crippen molar-refractivity contribution in [3.05, 3.63) is 75.8 Å². The van der Waals surface area contributed by atoms with E-state index in [1.165, 1.54) is 24.3 Å². The molecule has 2 aromatic rings. The van der Waals surface area contributed by atoms with Crippen LogP contribution in [-0.4, -0.2) is 40.4 Å². The third-order valence-corrected chi connectivity index (χ3v) is 5.57. The van der Waals surface area contributed by atoms with Gasteiger partial charge in [-0.15, -0.1) is 0 Å². The van der Waals surface area contributed by atoms with Crippen LogP contribution < -0.4 is 10.6 Å². The summed E-state index contributed by atoms with van der Waals surface area (Å²) in [5.41, 5.74) is -1.50. The maximum atomic E-state index is 13.0. The molecule has 0 spiro atoms. The van der Waals surface area contributed by atoms with Crippen molar-refractivity contribution in [3.8, 4) is 0 Å². The number of amides is 2. The topological polar surface area (TPSA) is 146 Å². The number of nitrogens with one attached hydrogen (secondary N) is 2. The van der Waals surface area contributed by atoms with Gasteiger partial charge < -0.3 is 19.5 Å². The summed E-state index contributed by atoms with van der Waals surface area (Å²) < 4.78 is 16.5. The SMILES string of the molecule is CC(C)(C)OC(=O)NC1CCCC(NC(=O)OCc2ccccc2)(OC(=O)c2ccc([N+](=O)[O-])cc2)C1. The highest BCUT2D eigenvalue weighted by molar-refractivity contribution is 5.90. The molecule has 0 bridgehead atoms. The number of alkyl carbamates (subject to hydrolysis) is 2. The Kier molecular flexibility index (Phi) is 8.69. The lowest BCUT2D eigenvalue weighted by Crippen LogP contribution is -2.58. The predicted octanol–water partition coefficient (Wildman–Crippen LogP) is 4.84. The summed E-state index contributed by atoms with van der Waals surface area (Å²) in [6, 6.07) is 13.6. The fourth-order valence-corrected chi connectivity index (χ4v) is 3.97. The fraction of sp³-hybridized carbons (Fsp3) is 0.423. The molecule has 11 heteroatoms. The van der Waals surface area contributed by atoms with Gasteiger partial charge in [0.15, 0.2) is 5.72 Å². The van der Waals surface area contributed by atoms with Crippen LogP contribution in [0.1, 0.15) is 62.4 Å². The van der Waals surface area contributed by atoms with Gasteiger partial charge in [0.05, 0.1) is 10.5 Å². The van der Waals surface area contributed by atoms with Gasteiger partial charge in [0.2, 0.25) is 0 Å². The zero-order valence-corrected chi connectivity index (χ0v) is 21.0. The Hall–Kier alpha value is -4.15. The Morgan fingerprint density at radius 3 is 2.35 bits per heavy atom. The monoisotopic (exact) mass is 513 g/mol. The number of benzene rings is 2. The van der Waals surface area contributed by atoms with E-state index >= 15 is 0 Å². The van der Waals surface area contributed by atoms with Crippen LogP contribution in [0.5, 0.6) is 0 Å². The van der Waals surface area contributed by atoms with E-state index < -0.39 is 40.4 Å². The molecule has 1 fully saturated rings. The summed E-state index contributed by atoms with van der Waals surface area (Å²) in [6.07, 6.45) is 0.0355. The third-order valence-electron chi connectivity index (χ3n) is 5.57. The van der Waals surface area contributed by atoms with Crippen LogP contribution in [-0.2, 0) is 20.8 Å². The molecule has 2 atom stereocenters. The molecule has 2 N–H and O–H groups in total. The predicted molar refractivity (Wildman–Crippen MR) is 133 cm³/mol. The minimum Gasteiger partial charge on any atom is -0.445 e. The molecule has 37 heavy (non-hydrogen) atoms. The summed E-state index contributed by atoms with van der Waals surface area (Å²) in [4.78, 5) is 48.4. The molecule has 0 radical (unpaired) electrons. The van der Waals surface area contributed by atoms with E-state index in [0.717, 1.165) is 5.56 Å². The average Bonchev–Trinajstić information content (AvgIpc) is 2.82. The van der Waals surface area contributed by atoms with E-state index in [0.29, 0.717) is 12.8 Å². The number of ether oxygens (including phenoxy) is 3. The Morgan fingerprint density at radius 2 is 1.73 bits per heavy atom. The highest BCUT2D eigenvalue weighted by atomic mass is 16.6. The number of rotatable bonds is 7. The minimum absolute atomic E-state index is 0.0125. The summed E-state index contributed by atoms with van der Waals surface area (Å²) in [7, 11) is 0. The normalized spacial score (nSPS) is 19.3. The Bertz CT molecular complexity index is 1110. The Morgan fingerprint density at radius 1 is 1.05 bits per heavy atom. The van der Waals surface area contributed by atoms with E-state index in [1.807, 2.05) is 18.2 Å². The molecule has 11 nitrogen and oxygen atoms in total. The zero-order chi connectivity index (χ0) is 27.1. The number of nitro benzene ring substituents is 1. The number of nitrogens with zero attached hydrogens (tertiary/aromatic N) is 1. The van der Waals surface area contributed by atoms with Crippen molar-refractivity contribution in [1.82, 2.24) is 10.6 Å². The van der Waals surface area contributed by atoms with Gasteiger partial charge >= 0.3 is 18.2 Å². The zero-order valence-electron chi connectivity index (χ0n) is 21.0. The van der Waals surface area contributed by atoms with E-state index in [4.69, 9.17) is 14.2 Å². The average molecular weight is 514 g/mol. The van der Waals surface area contributed by atoms with Crippen molar-refractivity contribution in [2.75, 3.05) is 0 Å². The van der Waals surface area contributed by atoms with E-state index in [2.05, 4.69) is 10.6 Å². The third kappa shape index (κ3) is 8.48. The first kappa shape index (κ1) is 27.4. The smallest absolute Gasteiger partial charge is 0.410 e. The van der Waals surface area contributed by atoms with Gasteiger partial charge in [0.25, 0.3) is 5.69 Å². The van der Waals surface area contributed by atoms with E-state index in [9.17, 15) is 24.5 Å². The van der Waals surface area contributed by atoms with Crippen LogP contribution in [0.2, 0.25) is 0 Å². The standard InChI is InChI=1S/C26H31N3O8/c1-25(2,3)37-23(31)27-20-10-7-15-26(16-20,28-24(32)35-17-18-8-5-4-6-9-18)36-22(30)19-11-13-21(14-12-19)29(33)34/h4-6,8-9,11-14,20H,7,10,15-17H2,1-3H3,(H,27,31)(H,28,32). The first-order chi connectivity index (χ1) is 17.4. The number of hydrogen-bond donors (Lipinski definition) is 2. The first-order valence-corrected chi connectivity index (χ1v) is 11.9. The van der Waals surface area contributed by atoms with Crippen molar-refractivity contribution in [3.63, 3.8) is 0 Å². The van der Waals surface area contributed by atoms with Crippen LogP contribution in [0.15, 0.2) is 54.6 Å². The molecule has 198 valence electrons. The van der Waals surface area contributed by atoms with Crippen LogP contribution in [0.4, 0.5) is 15.3 Å². The quantitative estimate of drug-likeness (QED) is 0.176. The van der Waals surface area contributed by atoms with Gasteiger partial charge in [-0.1, -0.05) is 30.3 Å². The maximum absolute atomic E-state index is 13.0. The molecule has 0 heterocycles. The molecule has 2 amide bonds. The second-order valence-corrected chi connectivity index (χ2v) is 9.81. The fourth-order valence-electron chi connectivity index (χ4n) is 3.97. The van der Waals surface area contributed by atoms with Crippen LogP contribution in [0.25, 0.3) is 0 Å². The molecule has 2 unspecified atom stereocenters. The summed E-state index contributed by atoms with van der Waals surface area (Å²) in [5, 5.41) is 16.4. The Labute approximate surface area is 214 Å². The number of esters is 1. The van der Waals surface area contributed by atoms with Gasteiger partial charge in [-0.25, -0.2) is 14.4 Å². The molecule has 3 rings (SSSR count). The number of carbonyl (C=O) groups excluding carboxylic acids is 3. The summed E-state index contributed by atoms with van der Waals surface area (Å²) in [5.74, 6) is -0.781. The lowest BCUT2D eigenvalue weighted by atomic mass is 9.87. The van der Waals surface area contributed by atoms with Crippen molar-refractivity contribution >= 4 is 23.8 Å². The molecule has 1 aliphatic carbocycles. The first-order valence-electron chi connectivity index (χ1n) is 11.9. The molecular formula is C26H31N3O8. The van der Waals surface area contributed by atoms with Gasteiger partial charge in [-0.2, -0.15) is 0 Å². The molecule has 0 aromatic heterocycles. The van der Waals surface area contributed by atoms with E-state index in [1.54, 1.807) is 32.9 Å². The minimum atomic E-state index is -1.48. The van der Waals surface area contributed by atoms with Gasteiger partial charge in [-0.05, 0) is 51.3 Å². The molecule has 0 aliphatic heterocycles. The van der Waals surface area contributed by atoms with Crippen molar-refractivity contribution in [2.24, 2.45) is 0 Å². The maximum Gasteiger partial charge on any atom is 0.410 e.